The largest absolute Gasteiger partial charge is 0.489 e. The Morgan fingerprint density at radius 3 is 2.47 bits per heavy atom. The summed E-state index contributed by atoms with van der Waals surface area (Å²) >= 11 is 0. The van der Waals surface area contributed by atoms with Crippen LogP contribution in [0.5, 0.6) is 5.75 Å². The van der Waals surface area contributed by atoms with Crippen LogP contribution in [0.25, 0.3) is 0 Å². The molecule has 5 nitrogen and oxygen atoms in total. The van der Waals surface area contributed by atoms with Crippen molar-refractivity contribution in [3.63, 3.8) is 0 Å². The van der Waals surface area contributed by atoms with Crippen LogP contribution in [0, 0.1) is 0 Å². The van der Waals surface area contributed by atoms with Crippen molar-refractivity contribution in [3.05, 3.63) is 64.7 Å². The third-order valence-corrected chi connectivity index (χ3v) is 5.88. The summed E-state index contributed by atoms with van der Waals surface area (Å²) in [5.41, 5.74) is 1.79. The summed E-state index contributed by atoms with van der Waals surface area (Å²) in [6, 6.07) is 10.3. The number of alkyl halides is 3. The van der Waals surface area contributed by atoms with Crippen LogP contribution in [0.1, 0.15) is 28.7 Å². The van der Waals surface area contributed by atoms with E-state index in [2.05, 4.69) is 0 Å². The summed E-state index contributed by atoms with van der Waals surface area (Å²) in [7, 11) is -3.20. The normalized spacial score (nSPS) is 14.3. The van der Waals surface area contributed by atoms with Crippen LogP contribution < -0.4 is 4.74 Å². The Labute approximate surface area is 173 Å². The van der Waals surface area contributed by atoms with E-state index in [9.17, 15) is 26.4 Å². The van der Waals surface area contributed by atoms with Crippen molar-refractivity contribution in [2.45, 2.75) is 32.2 Å². The molecular weight excluding hydrogens is 419 g/mol. The van der Waals surface area contributed by atoms with E-state index >= 15 is 0 Å². The fraction of sp³-hybridized carbons (Fsp3) is 0.381. The molecule has 1 amide bonds. The van der Waals surface area contributed by atoms with Crippen LogP contribution in [-0.2, 0) is 40.4 Å². The monoisotopic (exact) mass is 441 g/mol. The van der Waals surface area contributed by atoms with Gasteiger partial charge in [0.15, 0.2) is 0 Å². The number of ether oxygens (including phenoxy) is 1. The first kappa shape index (κ1) is 22.1. The van der Waals surface area contributed by atoms with Gasteiger partial charge in [0.2, 0.25) is 5.91 Å². The molecule has 30 heavy (non-hydrogen) atoms. The number of amides is 1. The minimum atomic E-state index is -4.37. The number of benzene rings is 2. The summed E-state index contributed by atoms with van der Waals surface area (Å²) in [4.78, 5) is 13.9. The number of rotatable bonds is 6. The molecule has 0 spiro atoms. The Balaban J connectivity index is 1.64. The van der Waals surface area contributed by atoms with Gasteiger partial charge in [-0.3, -0.25) is 4.79 Å². The van der Waals surface area contributed by atoms with Crippen LogP contribution in [0.4, 0.5) is 13.2 Å². The molecule has 0 N–H and O–H groups in total. The van der Waals surface area contributed by atoms with Crippen molar-refractivity contribution in [2.75, 3.05) is 18.6 Å². The van der Waals surface area contributed by atoms with E-state index in [4.69, 9.17) is 4.74 Å². The van der Waals surface area contributed by atoms with E-state index in [0.29, 0.717) is 30.8 Å². The summed E-state index contributed by atoms with van der Waals surface area (Å²) in [5.74, 6) is 0.253. The average Bonchev–Trinajstić information content (AvgIpc) is 2.69. The second-order valence-electron chi connectivity index (χ2n) is 7.32. The Morgan fingerprint density at radius 2 is 1.83 bits per heavy atom. The maximum atomic E-state index is 12.7. The van der Waals surface area contributed by atoms with Crippen LogP contribution in [0.2, 0.25) is 0 Å². The minimum absolute atomic E-state index is 0.0434. The molecule has 0 saturated carbocycles. The van der Waals surface area contributed by atoms with E-state index in [-0.39, 0.29) is 24.7 Å². The number of nitrogens with zero attached hydrogens (tertiary/aromatic N) is 1. The Kier molecular flexibility index (Phi) is 6.40. The van der Waals surface area contributed by atoms with Gasteiger partial charge in [0.1, 0.15) is 22.2 Å². The Hall–Kier alpha value is -2.55. The predicted octanol–water partition coefficient (Wildman–Crippen LogP) is 3.60. The van der Waals surface area contributed by atoms with Gasteiger partial charge in [0.05, 0.1) is 11.3 Å². The zero-order chi connectivity index (χ0) is 21.9. The molecule has 0 bridgehead atoms. The highest BCUT2D eigenvalue weighted by Gasteiger charge is 2.30. The molecule has 1 heterocycles. The van der Waals surface area contributed by atoms with E-state index in [1.165, 1.54) is 12.1 Å². The lowest BCUT2D eigenvalue weighted by atomic mass is 9.98. The molecule has 0 unspecified atom stereocenters. The Morgan fingerprint density at radius 1 is 1.13 bits per heavy atom. The molecule has 0 aliphatic carbocycles. The first-order valence-electron chi connectivity index (χ1n) is 9.38. The first-order chi connectivity index (χ1) is 14.0. The van der Waals surface area contributed by atoms with E-state index < -0.39 is 21.6 Å². The van der Waals surface area contributed by atoms with Gasteiger partial charge < -0.3 is 9.64 Å². The predicted molar refractivity (Wildman–Crippen MR) is 106 cm³/mol. The Bertz CT molecular complexity index is 1020. The van der Waals surface area contributed by atoms with Gasteiger partial charge >= 0.3 is 6.18 Å². The molecule has 0 atom stereocenters. The fourth-order valence-electron chi connectivity index (χ4n) is 3.30. The quantitative estimate of drug-likeness (QED) is 0.687. The molecular formula is C21H22F3NO4S. The molecule has 162 valence electrons. The zero-order valence-electron chi connectivity index (χ0n) is 16.4. The summed E-state index contributed by atoms with van der Waals surface area (Å²) in [6.07, 6.45) is -2.75. The van der Waals surface area contributed by atoms with Crippen LogP contribution in [0.3, 0.4) is 0 Å². The lowest BCUT2D eigenvalue weighted by Gasteiger charge is -2.30. The molecule has 0 saturated heterocycles. The lowest BCUT2D eigenvalue weighted by Crippen LogP contribution is -2.36. The second kappa shape index (κ2) is 8.67. The van der Waals surface area contributed by atoms with Crippen molar-refractivity contribution < 1.29 is 31.1 Å². The maximum absolute atomic E-state index is 12.7. The molecule has 2 aromatic carbocycles. The molecule has 0 aromatic heterocycles. The molecule has 1 aliphatic heterocycles. The summed E-state index contributed by atoms with van der Waals surface area (Å²) < 4.78 is 66.4. The molecule has 1 aliphatic rings. The van der Waals surface area contributed by atoms with Gasteiger partial charge in [-0.05, 0) is 35.7 Å². The van der Waals surface area contributed by atoms with Gasteiger partial charge in [-0.15, -0.1) is 0 Å². The van der Waals surface area contributed by atoms with E-state index in [1.54, 1.807) is 17.0 Å². The van der Waals surface area contributed by atoms with Crippen molar-refractivity contribution in [3.8, 4) is 5.75 Å². The van der Waals surface area contributed by atoms with Gasteiger partial charge in [0.25, 0.3) is 0 Å². The SMILES string of the molecule is CS(=O)(=O)CCC(=O)N1CCc2c(cccc2OCc2ccc(C(F)(F)F)cc2)C1. The van der Waals surface area contributed by atoms with Gasteiger partial charge in [-0.25, -0.2) is 8.42 Å². The van der Waals surface area contributed by atoms with E-state index in [1.807, 2.05) is 6.07 Å². The number of hydrogen-bond donors (Lipinski definition) is 0. The van der Waals surface area contributed by atoms with Gasteiger partial charge in [0, 0.05) is 31.3 Å². The smallest absolute Gasteiger partial charge is 0.416 e. The summed E-state index contributed by atoms with van der Waals surface area (Å²) in [5, 5.41) is 0. The highest BCUT2D eigenvalue weighted by molar-refractivity contribution is 7.90. The van der Waals surface area contributed by atoms with Crippen molar-refractivity contribution in [2.24, 2.45) is 0 Å². The number of fused-ring (bicyclic) bond motifs is 1. The highest BCUT2D eigenvalue weighted by Crippen LogP contribution is 2.31. The third-order valence-electron chi connectivity index (χ3n) is 4.94. The van der Waals surface area contributed by atoms with Crippen LogP contribution >= 0.6 is 0 Å². The standard InChI is InChI=1S/C21H22F3NO4S/c1-30(27,28)12-10-20(26)25-11-9-18-16(13-25)3-2-4-19(18)29-14-15-5-7-17(8-6-15)21(22,23)24/h2-8H,9-14H2,1H3. The molecule has 0 fully saturated rings. The number of hydrogen-bond acceptors (Lipinski definition) is 4. The number of sulfone groups is 1. The maximum Gasteiger partial charge on any atom is 0.416 e. The van der Waals surface area contributed by atoms with Crippen LogP contribution in [-0.4, -0.2) is 37.8 Å². The molecule has 0 radical (unpaired) electrons. The molecule has 3 rings (SSSR count). The highest BCUT2D eigenvalue weighted by atomic mass is 32.2. The number of halogens is 3. The minimum Gasteiger partial charge on any atom is -0.489 e. The second-order valence-corrected chi connectivity index (χ2v) is 9.58. The number of carbonyl (C=O) groups is 1. The zero-order valence-corrected chi connectivity index (χ0v) is 17.2. The van der Waals surface area contributed by atoms with Gasteiger partial charge in [-0.1, -0.05) is 24.3 Å². The topological polar surface area (TPSA) is 63.7 Å². The lowest BCUT2D eigenvalue weighted by molar-refractivity contribution is -0.137. The molecule has 9 heteroatoms. The van der Waals surface area contributed by atoms with Crippen LogP contribution in [0.15, 0.2) is 42.5 Å². The first-order valence-corrected chi connectivity index (χ1v) is 11.4. The van der Waals surface area contributed by atoms with E-state index in [0.717, 1.165) is 29.5 Å². The summed E-state index contributed by atoms with van der Waals surface area (Å²) in [6.45, 7) is 0.956. The van der Waals surface area contributed by atoms with Crippen molar-refractivity contribution in [1.29, 1.82) is 0 Å². The van der Waals surface area contributed by atoms with Gasteiger partial charge in [-0.2, -0.15) is 13.2 Å². The molecule has 2 aromatic rings. The number of carbonyl (C=O) groups excluding carboxylic acids is 1. The average molecular weight is 441 g/mol. The van der Waals surface area contributed by atoms with Crippen molar-refractivity contribution >= 4 is 15.7 Å². The fourth-order valence-corrected chi connectivity index (χ4v) is 3.85. The van der Waals surface area contributed by atoms with Crippen molar-refractivity contribution in [1.82, 2.24) is 4.90 Å². The third kappa shape index (κ3) is 5.75.